The van der Waals surface area contributed by atoms with Crippen LogP contribution in [0.2, 0.25) is 0 Å². The molecule has 100 valence electrons. The zero-order valence-corrected chi connectivity index (χ0v) is 11.4. The molecule has 19 heavy (non-hydrogen) atoms. The fraction of sp³-hybridized carbons (Fsp3) is 0.333. The zero-order chi connectivity index (χ0) is 13.8. The average molecular weight is 280 g/mol. The molecular formula is C12H14ClN5O. The maximum Gasteiger partial charge on any atom is 0.228 e. The van der Waals surface area contributed by atoms with Gasteiger partial charge in [-0.3, -0.25) is 4.79 Å². The topological polar surface area (TPSA) is 72.7 Å². The lowest BCUT2D eigenvalue weighted by molar-refractivity contribution is -0.118. The normalized spacial score (nSPS) is 12.2. The molecule has 1 amide bonds. The molecule has 1 N–H and O–H groups in total. The Balaban J connectivity index is 2.18. The molecule has 0 saturated carbocycles. The van der Waals surface area contributed by atoms with Crippen LogP contribution in [-0.2, 0) is 4.79 Å². The van der Waals surface area contributed by atoms with Crippen molar-refractivity contribution >= 4 is 23.2 Å². The van der Waals surface area contributed by atoms with Crippen LogP contribution in [0.4, 0.5) is 5.69 Å². The number of halogens is 1. The van der Waals surface area contributed by atoms with Gasteiger partial charge in [0.25, 0.3) is 0 Å². The molecule has 0 aliphatic heterocycles. The summed E-state index contributed by atoms with van der Waals surface area (Å²) >= 11 is 5.65. The van der Waals surface area contributed by atoms with Crippen molar-refractivity contribution in [1.29, 1.82) is 0 Å². The maximum absolute atomic E-state index is 11.7. The first kappa shape index (κ1) is 13.5. The second kappa shape index (κ2) is 5.79. The number of carbonyl (C=O) groups is 1. The molecule has 2 rings (SSSR count). The number of benzene rings is 1. The molecule has 1 atom stereocenters. The number of anilines is 1. The molecular weight excluding hydrogens is 266 g/mol. The van der Waals surface area contributed by atoms with Gasteiger partial charge < -0.3 is 5.32 Å². The molecule has 1 aromatic carbocycles. The Morgan fingerprint density at radius 1 is 1.53 bits per heavy atom. The van der Waals surface area contributed by atoms with Gasteiger partial charge in [0.05, 0.1) is 5.69 Å². The lowest BCUT2D eigenvalue weighted by atomic mass is 10.1. The number of nitrogens with zero attached hydrogens (tertiary/aromatic N) is 4. The minimum Gasteiger partial charge on any atom is -0.326 e. The van der Waals surface area contributed by atoms with Crippen molar-refractivity contribution in [2.75, 3.05) is 11.2 Å². The second-order valence-electron chi connectivity index (χ2n) is 4.30. The van der Waals surface area contributed by atoms with Crippen LogP contribution in [-0.4, -0.2) is 32.0 Å². The largest absolute Gasteiger partial charge is 0.326 e. The fourth-order valence-corrected chi connectivity index (χ4v) is 1.74. The first-order chi connectivity index (χ1) is 9.11. The van der Waals surface area contributed by atoms with Crippen molar-refractivity contribution in [3.05, 3.63) is 30.1 Å². The van der Waals surface area contributed by atoms with Gasteiger partial charge in [0.15, 0.2) is 0 Å². The van der Waals surface area contributed by atoms with Crippen molar-refractivity contribution in [3.8, 4) is 5.69 Å². The summed E-state index contributed by atoms with van der Waals surface area (Å²) in [7, 11) is 0. The summed E-state index contributed by atoms with van der Waals surface area (Å²) in [5, 5.41) is 13.8. The molecule has 6 nitrogen and oxygen atoms in total. The Labute approximate surface area is 115 Å². The quantitative estimate of drug-likeness (QED) is 0.866. The predicted octanol–water partition coefficient (Wildman–Crippen LogP) is 1.78. The molecule has 0 spiro atoms. The van der Waals surface area contributed by atoms with Crippen molar-refractivity contribution in [3.63, 3.8) is 0 Å². The number of tetrazole rings is 1. The van der Waals surface area contributed by atoms with E-state index in [1.807, 2.05) is 25.1 Å². The summed E-state index contributed by atoms with van der Waals surface area (Å²) in [6, 6.07) is 5.53. The number of aryl methyl sites for hydroxylation is 1. The van der Waals surface area contributed by atoms with E-state index in [0.717, 1.165) is 16.9 Å². The lowest BCUT2D eigenvalue weighted by Crippen LogP contribution is -2.21. The third kappa shape index (κ3) is 3.08. The molecule has 1 unspecified atom stereocenters. The highest BCUT2D eigenvalue weighted by atomic mass is 35.5. The van der Waals surface area contributed by atoms with Crippen LogP contribution in [0.25, 0.3) is 5.69 Å². The highest BCUT2D eigenvalue weighted by Gasteiger charge is 2.12. The third-order valence-electron chi connectivity index (χ3n) is 2.74. The molecule has 2 aromatic rings. The van der Waals surface area contributed by atoms with Gasteiger partial charge >= 0.3 is 0 Å². The Morgan fingerprint density at radius 3 is 2.89 bits per heavy atom. The van der Waals surface area contributed by atoms with E-state index in [2.05, 4.69) is 20.8 Å². The van der Waals surface area contributed by atoms with Crippen LogP contribution < -0.4 is 5.32 Å². The van der Waals surface area contributed by atoms with E-state index >= 15 is 0 Å². The monoisotopic (exact) mass is 279 g/mol. The summed E-state index contributed by atoms with van der Waals surface area (Å²) < 4.78 is 1.57. The fourth-order valence-electron chi connectivity index (χ4n) is 1.60. The van der Waals surface area contributed by atoms with Crippen molar-refractivity contribution < 1.29 is 4.79 Å². The van der Waals surface area contributed by atoms with Crippen LogP contribution in [0, 0.1) is 12.8 Å². The van der Waals surface area contributed by atoms with Crippen molar-refractivity contribution in [2.45, 2.75) is 13.8 Å². The van der Waals surface area contributed by atoms with E-state index in [0.29, 0.717) is 5.88 Å². The second-order valence-corrected chi connectivity index (χ2v) is 4.61. The van der Waals surface area contributed by atoms with E-state index in [-0.39, 0.29) is 11.8 Å². The summed E-state index contributed by atoms with van der Waals surface area (Å²) in [6.45, 7) is 3.71. The molecule has 0 fully saturated rings. The number of nitrogens with one attached hydrogen (secondary N) is 1. The minimum absolute atomic E-state index is 0.0930. The molecule has 7 heteroatoms. The molecule has 0 radical (unpaired) electrons. The third-order valence-corrected chi connectivity index (χ3v) is 3.20. The van der Waals surface area contributed by atoms with Gasteiger partial charge in [0, 0.05) is 17.5 Å². The Kier molecular flexibility index (Phi) is 4.11. The Bertz CT molecular complexity index is 570. The summed E-state index contributed by atoms with van der Waals surface area (Å²) in [6.07, 6.45) is 1.52. The number of alkyl halides is 1. The van der Waals surface area contributed by atoms with Gasteiger partial charge in [0.1, 0.15) is 6.33 Å². The first-order valence-corrected chi connectivity index (χ1v) is 6.36. The maximum atomic E-state index is 11.7. The average Bonchev–Trinajstić information content (AvgIpc) is 2.91. The predicted molar refractivity (Wildman–Crippen MR) is 72.4 cm³/mol. The highest BCUT2D eigenvalue weighted by Crippen LogP contribution is 2.18. The Morgan fingerprint density at radius 2 is 2.32 bits per heavy atom. The molecule has 0 aliphatic rings. The molecule has 0 aliphatic carbocycles. The standard InChI is InChI=1S/C12H14ClN5O/c1-8-5-10(15-12(19)9(2)6-13)3-4-11(8)18-7-14-16-17-18/h3-5,7,9H,6H2,1-2H3,(H,15,19). The number of aromatic nitrogens is 4. The van der Waals surface area contributed by atoms with Crippen LogP contribution in [0.3, 0.4) is 0 Å². The van der Waals surface area contributed by atoms with Gasteiger partial charge in [0.2, 0.25) is 5.91 Å². The molecule has 0 saturated heterocycles. The van der Waals surface area contributed by atoms with Crippen molar-refractivity contribution in [2.24, 2.45) is 5.92 Å². The summed E-state index contributed by atoms with van der Waals surface area (Å²) in [5.41, 5.74) is 2.56. The zero-order valence-electron chi connectivity index (χ0n) is 10.7. The number of rotatable bonds is 4. The van der Waals surface area contributed by atoms with Gasteiger partial charge in [-0.15, -0.1) is 16.7 Å². The van der Waals surface area contributed by atoms with E-state index < -0.39 is 0 Å². The van der Waals surface area contributed by atoms with Gasteiger partial charge in [-0.2, -0.15) is 0 Å². The smallest absolute Gasteiger partial charge is 0.228 e. The lowest BCUT2D eigenvalue weighted by Gasteiger charge is -2.11. The molecule has 1 heterocycles. The first-order valence-electron chi connectivity index (χ1n) is 5.82. The van der Waals surface area contributed by atoms with E-state index in [1.54, 1.807) is 11.6 Å². The van der Waals surface area contributed by atoms with E-state index in [9.17, 15) is 4.79 Å². The van der Waals surface area contributed by atoms with Crippen LogP contribution in [0.1, 0.15) is 12.5 Å². The number of amides is 1. The van der Waals surface area contributed by atoms with Crippen LogP contribution >= 0.6 is 11.6 Å². The van der Waals surface area contributed by atoms with Crippen LogP contribution in [0.15, 0.2) is 24.5 Å². The van der Waals surface area contributed by atoms with Crippen LogP contribution in [0.5, 0.6) is 0 Å². The van der Waals surface area contributed by atoms with E-state index in [4.69, 9.17) is 11.6 Å². The number of hydrogen-bond acceptors (Lipinski definition) is 4. The molecule has 1 aromatic heterocycles. The SMILES string of the molecule is Cc1cc(NC(=O)C(C)CCl)ccc1-n1cnnn1. The Hall–Kier alpha value is -1.95. The van der Waals surface area contributed by atoms with Gasteiger partial charge in [-0.05, 0) is 41.1 Å². The summed E-state index contributed by atoms with van der Waals surface area (Å²) in [4.78, 5) is 11.7. The highest BCUT2D eigenvalue weighted by molar-refractivity contribution is 6.19. The van der Waals surface area contributed by atoms with Crippen molar-refractivity contribution in [1.82, 2.24) is 20.2 Å². The van der Waals surface area contributed by atoms with E-state index in [1.165, 1.54) is 6.33 Å². The minimum atomic E-state index is -0.221. The van der Waals surface area contributed by atoms with Gasteiger partial charge in [-0.25, -0.2) is 4.68 Å². The molecule has 0 bridgehead atoms. The number of hydrogen-bond donors (Lipinski definition) is 1. The van der Waals surface area contributed by atoms with Gasteiger partial charge in [-0.1, -0.05) is 6.92 Å². The summed E-state index contributed by atoms with van der Waals surface area (Å²) in [5.74, 6) is -0.0150. The number of carbonyl (C=O) groups excluding carboxylic acids is 1.